The third kappa shape index (κ3) is 5.18. The van der Waals surface area contributed by atoms with E-state index in [0.29, 0.717) is 31.2 Å². The maximum absolute atomic E-state index is 12.8. The Bertz CT molecular complexity index is 911. The van der Waals surface area contributed by atoms with Crippen molar-refractivity contribution in [3.05, 3.63) is 72.6 Å². The van der Waals surface area contributed by atoms with E-state index in [-0.39, 0.29) is 19.1 Å². The van der Waals surface area contributed by atoms with Gasteiger partial charge in [-0.3, -0.25) is 4.79 Å². The normalized spacial score (nSPS) is 14.1. The average molecular weight is 394 g/mol. The van der Waals surface area contributed by atoms with Gasteiger partial charge in [0, 0.05) is 0 Å². The molecule has 0 N–H and O–H groups in total. The first-order valence-corrected chi connectivity index (χ1v) is 9.43. The van der Waals surface area contributed by atoms with Crippen LogP contribution in [0, 0.1) is 0 Å². The molecule has 2 aromatic carbocycles. The highest BCUT2D eigenvalue weighted by molar-refractivity contribution is 5.77. The summed E-state index contributed by atoms with van der Waals surface area (Å²) in [6, 6.07) is 18.9. The summed E-state index contributed by atoms with van der Waals surface area (Å²) in [5, 5.41) is 8.36. The number of hydrogen-bond acceptors (Lipinski definition) is 6. The van der Waals surface area contributed by atoms with Gasteiger partial charge < -0.3 is 19.1 Å². The minimum atomic E-state index is -0.445. The monoisotopic (exact) mass is 394 g/mol. The van der Waals surface area contributed by atoms with E-state index in [0.717, 1.165) is 5.69 Å². The summed E-state index contributed by atoms with van der Waals surface area (Å²) >= 11 is 0. The summed E-state index contributed by atoms with van der Waals surface area (Å²) in [5.41, 5.74) is 1.57. The molecule has 1 saturated heterocycles. The lowest BCUT2D eigenvalue weighted by Crippen LogP contribution is -2.40. The van der Waals surface area contributed by atoms with Crippen molar-refractivity contribution >= 4 is 5.91 Å². The number of carbonyl (C=O) groups is 1. The van der Waals surface area contributed by atoms with E-state index in [4.69, 9.17) is 14.2 Å². The molecule has 2 heterocycles. The summed E-state index contributed by atoms with van der Waals surface area (Å²) in [7, 11) is 0. The van der Waals surface area contributed by atoms with E-state index in [1.54, 1.807) is 9.58 Å². The van der Waals surface area contributed by atoms with Crippen LogP contribution >= 0.6 is 0 Å². The van der Waals surface area contributed by atoms with Crippen molar-refractivity contribution in [2.45, 2.75) is 12.8 Å². The number of benzene rings is 2. The summed E-state index contributed by atoms with van der Waals surface area (Å²) in [6.07, 6.45) is 1.36. The number of rotatable bonds is 8. The molecule has 0 bridgehead atoms. The molecule has 1 amide bonds. The van der Waals surface area contributed by atoms with Gasteiger partial charge in [-0.2, -0.15) is 0 Å². The molecule has 3 aromatic rings. The molecule has 1 aliphatic heterocycles. The zero-order chi connectivity index (χ0) is 19.9. The molecule has 0 aliphatic carbocycles. The minimum Gasteiger partial charge on any atom is -0.484 e. The van der Waals surface area contributed by atoms with E-state index < -0.39 is 6.29 Å². The largest absolute Gasteiger partial charge is 0.484 e. The molecular weight excluding hydrogens is 372 g/mol. The Kier molecular flexibility index (Phi) is 6.13. The second-order valence-corrected chi connectivity index (χ2v) is 6.54. The lowest BCUT2D eigenvalue weighted by molar-refractivity contribution is -0.140. The third-order valence-electron chi connectivity index (χ3n) is 4.43. The van der Waals surface area contributed by atoms with Crippen molar-refractivity contribution in [2.24, 2.45) is 0 Å². The molecule has 8 heteroatoms. The van der Waals surface area contributed by atoms with Crippen molar-refractivity contribution in [1.82, 2.24) is 19.9 Å². The Balaban J connectivity index is 1.43. The molecule has 1 aromatic heterocycles. The number of amides is 1. The fraction of sp³-hybridized carbons (Fsp3) is 0.286. The summed E-state index contributed by atoms with van der Waals surface area (Å²) < 4.78 is 18.3. The van der Waals surface area contributed by atoms with Crippen LogP contribution < -0.4 is 4.74 Å². The number of ether oxygens (including phenoxy) is 3. The van der Waals surface area contributed by atoms with Gasteiger partial charge in [-0.05, 0) is 24.3 Å². The van der Waals surface area contributed by atoms with Gasteiger partial charge in [0.05, 0.1) is 38.2 Å². The van der Waals surface area contributed by atoms with Crippen LogP contribution in [0.25, 0.3) is 5.69 Å². The average Bonchev–Trinajstić information content (AvgIpc) is 3.45. The predicted octanol–water partition coefficient (Wildman–Crippen LogP) is 2.05. The Morgan fingerprint density at radius 3 is 2.48 bits per heavy atom. The molecule has 0 saturated carbocycles. The molecular formula is C21H22N4O4. The van der Waals surface area contributed by atoms with Crippen LogP contribution in [-0.2, 0) is 20.8 Å². The maximum Gasteiger partial charge on any atom is 0.261 e. The lowest BCUT2D eigenvalue weighted by Gasteiger charge is -2.24. The maximum atomic E-state index is 12.8. The number of nitrogens with zero attached hydrogens (tertiary/aromatic N) is 4. The highest BCUT2D eigenvalue weighted by Crippen LogP contribution is 2.13. The van der Waals surface area contributed by atoms with Crippen molar-refractivity contribution in [2.75, 3.05) is 26.4 Å². The lowest BCUT2D eigenvalue weighted by atomic mass is 10.3. The topological polar surface area (TPSA) is 78.7 Å². The van der Waals surface area contributed by atoms with E-state index in [2.05, 4.69) is 10.3 Å². The first-order valence-electron chi connectivity index (χ1n) is 9.43. The highest BCUT2D eigenvalue weighted by Gasteiger charge is 2.24. The quantitative estimate of drug-likeness (QED) is 0.582. The van der Waals surface area contributed by atoms with Gasteiger partial charge in [0.1, 0.15) is 11.4 Å². The van der Waals surface area contributed by atoms with E-state index in [1.807, 2.05) is 66.9 Å². The van der Waals surface area contributed by atoms with Gasteiger partial charge in [0.15, 0.2) is 12.9 Å². The molecule has 1 aliphatic rings. The number of hydrogen-bond donors (Lipinski definition) is 0. The van der Waals surface area contributed by atoms with Gasteiger partial charge in [-0.1, -0.05) is 41.6 Å². The molecule has 150 valence electrons. The van der Waals surface area contributed by atoms with Crippen molar-refractivity contribution in [1.29, 1.82) is 0 Å². The first-order chi connectivity index (χ1) is 14.3. The van der Waals surface area contributed by atoms with Crippen LogP contribution in [0.5, 0.6) is 5.75 Å². The Hall–Kier alpha value is -3.23. The molecule has 4 rings (SSSR count). The van der Waals surface area contributed by atoms with E-state index >= 15 is 0 Å². The van der Waals surface area contributed by atoms with E-state index in [1.165, 1.54) is 0 Å². The van der Waals surface area contributed by atoms with Crippen LogP contribution in [0.4, 0.5) is 0 Å². The van der Waals surface area contributed by atoms with Crippen LogP contribution in [0.1, 0.15) is 5.69 Å². The smallest absolute Gasteiger partial charge is 0.261 e. The zero-order valence-electron chi connectivity index (χ0n) is 15.9. The fourth-order valence-corrected chi connectivity index (χ4v) is 2.97. The second-order valence-electron chi connectivity index (χ2n) is 6.54. The van der Waals surface area contributed by atoms with Crippen molar-refractivity contribution in [3.63, 3.8) is 0 Å². The van der Waals surface area contributed by atoms with Crippen molar-refractivity contribution < 1.29 is 19.0 Å². The SMILES string of the molecule is O=C(COc1ccccc1)N(Cc1cn(-c2ccccc2)nn1)CC1OCCO1. The summed E-state index contributed by atoms with van der Waals surface area (Å²) in [4.78, 5) is 14.4. The Morgan fingerprint density at radius 1 is 1.07 bits per heavy atom. The van der Waals surface area contributed by atoms with Crippen LogP contribution in [0.3, 0.4) is 0 Å². The summed E-state index contributed by atoms with van der Waals surface area (Å²) in [6.45, 7) is 1.56. The third-order valence-corrected chi connectivity index (χ3v) is 4.43. The molecule has 29 heavy (non-hydrogen) atoms. The standard InChI is InChI=1S/C21H22N4O4/c26-20(16-29-19-9-5-2-6-10-19)24(15-21-27-11-12-28-21)13-17-14-25(23-22-17)18-7-3-1-4-8-18/h1-10,14,21H,11-13,15-16H2. The second kappa shape index (κ2) is 9.31. The molecule has 0 atom stereocenters. The van der Waals surface area contributed by atoms with Crippen molar-refractivity contribution in [3.8, 4) is 11.4 Å². The molecule has 8 nitrogen and oxygen atoms in total. The van der Waals surface area contributed by atoms with E-state index in [9.17, 15) is 4.79 Å². The number of para-hydroxylation sites is 2. The summed E-state index contributed by atoms with van der Waals surface area (Å²) in [5.74, 6) is 0.464. The van der Waals surface area contributed by atoms with Gasteiger partial charge in [-0.25, -0.2) is 4.68 Å². The van der Waals surface area contributed by atoms with Crippen LogP contribution in [-0.4, -0.2) is 58.5 Å². The Morgan fingerprint density at radius 2 is 1.76 bits per heavy atom. The van der Waals surface area contributed by atoms with Gasteiger partial charge in [0.25, 0.3) is 5.91 Å². The number of aromatic nitrogens is 3. The van der Waals surface area contributed by atoms with Gasteiger partial charge in [-0.15, -0.1) is 5.10 Å². The van der Waals surface area contributed by atoms with Crippen LogP contribution in [0.15, 0.2) is 66.9 Å². The fourth-order valence-electron chi connectivity index (χ4n) is 2.97. The van der Waals surface area contributed by atoms with Gasteiger partial charge in [0.2, 0.25) is 0 Å². The molecule has 0 radical (unpaired) electrons. The predicted molar refractivity (Wildman–Crippen MR) is 104 cm³/mol. The van der Waals surface area contributed by atoms with Gasteiger partial charge >= 0.3 is 0 Å². The molecule has 0 unspecified atom stereocenters. The first kappa shape index (κ1) is 19.1. The van der Waals surface area contributed by atoms with Crippen LogP contribution in [0.2, 0.25) is 0 Å². The highest BCUT2D eigenvalue weighted by atomic mass is 16.7. The minimum absolute atomic E-state index is 0.0798. The number of carbonyl (C=O) groups excluding carboxylic acids is 1. The zero-order valence-corrected chi connectivity index (χ0v) is 15.9. The molecule has 1 fully saturated rings. The Labute approximate surface area is 168 Å². The molecule has 0 spiro atoms.